The van der Waals surface area contributed by atoms with Crippen LogP contribution >= 0.6 is 27.3 Å². The smallest absolute Gasteiger partial charge is 0.275 e. The van der Waals surface area contributed by atoms with Crippen LogP contribution in [0.2, 0.25) is 0 Å². The van der Waals surface area contributed by atoms with Crippen LogP contribution in [0.1, 0.15) is 10.5 Å². The summed E-state index contributed by atoms with van der Waals surface area (Å²) in [7, 11) is 1.87. The molecule has 1 amide bonds. The van der Waals surface area contributed by atoms with Crippen molar-refractivity contribution in [3.63, 3.8) is 0 Å². The molecular formula is C18H13BrN4OS. The predicted molar refractivity (Wildman–Crippen MR) is 104 cm³/mol. The number of fused-ring (bicyclic) bond motifs is 1. The van der Waals surface area contributed by atoms with Gasteiger partial charge in [0.25, 0.3) is 5.91 Å². The molecule has 25 heavy (non-hydrogen) atoms. The van der Waals surface area contributed by atoms with Gasteiger partial charge < -0.3 is 4.57 Å². The van der Waals surface area contributed by atoms with Gasteiger partial charge in [-0.2, -0.15) is 0 Å². The minimum Gasteiger partial charge on any atom is -0.339 e. The number of aromatic nitrogens is 3. The molecule has 0 aliphatic heterocycles. The molecule has 124 valence electrons. The predicted octanol–water partition coefficient (Wildman–Crippen LogP) is 4.71. The molecule has 2 aromatic carbocycles. The van der Waals surface area contributed by atoms with Gasteiger partial charge in [0.1, 0.15) is 10.7 Å². The molecule has 0 aliphatic carbocycles. The summed E-state index contributed by atoms with van der Waals surface area (Å²) >= 11 is 4.89. The topological polar surface area (TPSA) is 59.8 Å². The fourth-order valence-corrected chi connectivity index (χ4v) is 4.25. The molecule has 2 aromatic heterocycles. The summed E-state index contributed by atoms with van der Waals surface area (Å²) in [4.78, 5) is 12.7. The lowest BCUT2D eigenvalue weighted by Crippen LogP contribution is -2.16. The van der Waals surface area contributed by atoms with Gasteiger partial charge in [-0.25, -0.2) is 0 Å². The van der Waals surface area contributed by atoms with Gasteiger partial charge in [0.2, 0.25) is 5.13 Å². The molecule has 5 nitrogen and oxygen atoms in total. The van der Waals surface area contributed by atoms with Crippen LogP contribution in [0.15, 0.2) is 59.1 Å². The van der Waals surface area contributed by atoms with E-state index in [1.165, 1.54) is 11.3 Å². The van der Waals surface area contributed by atoms with Gasteiger partial charge in [-0.3, -0.25) is 10.1 Å². The molecule has 0 atom stereocenters. The Balaban J connectivity index is 1.64. The highest BCUT2D eigenvalue weighted by Crippen LogP contribution is 2.31. The van der Waals surface area contributed by atoms with Gasteiger partial charge in [0, 0.05) is 23.5 Å². The number of halogens is 1. The minimum atomic E-state index is -0.221. The van der Waals surface area contributed by atoms with Crippen LogP contribution in [0, 0.1) is 0 Å². The van der Waals surface area contributed by atoms with Gasteiger partial charge in [0.05, 0.1) is 4.47 Å². The zero-order valence-electron chi connectivity index (χ0n) is 13.2. The molecule has 0 bridgehead atoms. The lowest BCUT2D eigenvalue weighted by atomic mass is 10.2. The Morgan fingerprint density at radius 3 is 2.56 bits per heavy atom. The number of nitrogens with one attached hydrogen (secondary N) is 1. The molecule has 0 fully saturated rings. The van der Waals surface area contributed by atoms with E-state index >= 15 is 0 Å². The summed E-state index contributed by atoms with van der Waals surface area (Å²) < 4.78 is 2.64. The normalized spacial score (nSPS) is 11.0. The molecule has 4 aromatic rings. The molecule has 7 heteroatoms. The number of carbonyl (C=O) groups excluding carboxylic acids is 1. The van der Waals surface area contributed by atoms with Crippen molar-refractivity contribution in [1.82, 2.24) is 14.8 Å². The molecule has 1 N–H and O–H groups in total. The van der Waals surface area contributed by atoms with Gasteiger partial charge in [-0.05, 0) is 22.0 Å². The van der Waals surface area contributed by atoms with Crippen molar-refractivity contribution in [2.24, 2.45) is 7.05 Å². The molecule has 0 unspecified atom stereocenters. The lowest BCUT2D eigenvalue weighted by Gasteiger charge is -2.04. The van der Waals surface area contributed by atoms with Crippen molar-refractivity contribution >= 4 is 49.2 Å². The molecule has 0 saturated heterocycles. The monoisotopic (exact) mass is 412 g/mol. The van der Waals surface area contributed by atoms with Gasteiger partial charge in [0.15, 0.2) is 0 Å². The first-order valence-electron chi connectivity index (χ1n) is 7.58. The third kappa shape index (κ3) is 2.85. The number of hydrogen-bond acceptors (Lipinski definition) is 4. The maximum atomic E-state index is 12.7. The average molecular weight is 413 g/mol. The molecule has 0 saturated carbocycles. The van der Waals surface area contributed by atoms with Gasteiger partial charge >= 0.3 is 0 Å². The first-order valence-corrected chi connectivity index (χ1v) is 9.19. The van der Waals surface area contributed by atoms with Crippen LogP contribution in [-0.4, -0.2) is 20.7 Å². The molecule has 0 radical (unpaired) electrons. The summed E-state index contributed by atoms with van der Waals surface area (Å²) in [6.07, 6.45) is 0. The van der Waals surface area contributed by atoms with E-state index in [1.807, 2.05) is 66.2 Å². The van der Waals surface area contributed by atoms with E-state index in [1.54, 1.807) is 0 Å². The van der Waals surface area contributed by atoms with Crippen molar-refractivity contribution < 1.29 is 4.79 Å². The summed E-state index contributed by atoms with van der Waals surface area (Å²) in [5, 5.41) is 13.3. The first-order chi connectivity index (χ1) is 12.1. The van der Waals surface area contributed by atoms with Gasteiger partial charge in [-0.1, -0.05) is 59.9 Å². The number of rotatable bonds is 3. The van der Waals surface area contributed by atoms with E-state index < -0.39 is 0 Å². The van der Waals surface area contributed by atoms with Crippen molar-refractivity contribution in [3.05, 3.63) is 64.8 Å². The summed E-state index contributed by atoms with van der Waals surface area (Å²) in [5.74, 6) is -0.221. The highest BCUT2D eigenvalue weighted by atomic mass is 79.9. The van der Waals surface area contributed by atoms with Crippen molar-refractivity contribution in [2.75, 3.05) is 5.32 Å². The van der Waals surface area contributed by atoms with E-state index in [-0.39, 0.29) is 5.91 Å². The number of carbonyl (C=O) groups is 1. The van der Waals surface area contributed by atoms with Crippen LogP contribution < -0.4 is 5.32 Å². The Morgan fingerprint density at radius 1 is 1.08 bits per heavy atom. The quantitative estimate of drug-likeness (QED) is 0.529. The zero-order valence-corrected chi connectivity index (χ0v) is 15.6. The largest absolute Gasteiger partial charge is 0.339 e. The maximum absolute atomic E-state index is 12.7. The number of anilines is 1. The molecule has 0 aliphatic rings. The Kier molecular flexibility index (Phi) is 4.10. The van der Waals surface area contributed by atoms with Crippen molar-refractivity contribution in [1.29, 1.82) is 0 Å². The summed E-state index contributed by atoms with van der Waals surface area (Å²) in [6.45, 7) is 0. The fourth-order valence-electron chi connectivity index (χ4n) is 2.73. The van der Waals surface area contributed by atoms with Crippen molar-refractivity contribution in [2.45, 2.75) is 0 Å². The van der Waals surface area contributed by atoms with Crippen LogP contribution in [-0.2, 0) is 7.05 Å². The average Bonchev–Trinajstić information content (AvgIpc) is 3.20. The Morgan fingerprint density at radius 2 is 1.80 bits per heavy atom. The number of amides is 1. The second-order valence-corrected chi connectivity index (χ2v) is 7.24. The van der Waals surface area contributed by atoms with Crippen LogP contribution in [0.25, 0.3) is 21.5 Å². The third-order valence-corrected chi connectivity index (χ3v) is 5.62. The molecule has 0 spiro atoms. The van der Waals surface area contributed by atoms with E-state index in [4.69, 9.17) is 0 Å². The Bertz CT molecular complexity index is 1030. The fraction of sp³-hybridized carbons (Fsp3) is 0.0556. The van der Waals surface area contributed by atoms with Gasteiger partial charge in [-0.15, -0.1) is 10.2 Å². The summed E-state index contributed by atoms with van der Waals surface area (Å²) in [6, 6.07) is 17.6. The van der Waals surface area contributed by atoms with Crippen LogP contribution in [0.4, 0.5) is 5.13 Å². The van der Waals surface area contributed by atoms with E-state index in [0.29, 0.717) is 10.8 Å². The molecular weight excluding hydrogens is 400 g/mol. The Hall–Kier alpha value is -2.51. The minimum absolute atomic E-state index is 0.221. The number of aryl methyl sites for hydroxylation is 1. The third-order valence-electron chi connectivity index (χ3n) is 3.93. The van der Waals surface area contributed by atoms with E-state index in [0.717, 1.165) is 25.9 Å². The first kappa shape index (κ1) is 16.0. The number of para-hydroxylation sites is 1. The zero-order chi connectivity index (χ0) is 17.4. The van der Waals surface area contributed by atoms with Crippen LogP contribution in [0.5, 0.6) is 0 Å². The highest BCUT2D eigenvalue weighted by molar-refractivity contribution is 9.10. The van der Waals surface area contributed by atoms with Crippen molar-refractivity contribution in [3.8, 4) is 10.6 Å². The highest BCUT2D eigenvalue weighted by Gasteiger charge is 2.20. The SMILES string of the molecule is Cn1c(C(=O)Nc2nnc(-c3ccccc3)s2)c(Br)c2ccccc21. The number of hydrogen-bond donors (Lipinski definition) is 1. The maximum Gasteiger partial charge on any atom is 0.275 e. The number of benzene rings is 2. The standard InChI is InChI=1S/C18H13BrN4OS/c1-23-13-10-6-5-9-12(13)14(19)15(23)16(24)20-18-22-21-17(25-18)11-7-3-2-4-8-11/h2-10H,1H3,(H,20,22,24). The second-order valence-electron chi connectivity index (χ2n) is 5.47. The second kappa shape index (κ2) is 6.42. The lowest BCUT2D eigenvalue weighted by molar-refractivity contribution is 0.101. The van der Waals surface area contributed by atoms with Crippen LogP contribution in [0.3, 0.4) is 0 Å². The number of nitrogens with zero attached hydrogens (tertiary/aromatic N) is 3. The van der Waals surface area contributed by atoms with E-state index in [9.17, 15) is 4.79 Å². The van der Waals surface area contributed by atoms with E-state index in [2.05, 4.69) is 31.4 Å². The summed E-state index contributed by atoms with van der Waals surface area (Å²) in [5.41, 5.74) is 2.52. The molecule has 4 rings (SSSR count). The molecule has 2 heterocycles. The Labute approximate surface area is 156 Å².